The van der Waals surface area contributed by atoms with Crippen molar-refractivity contribution in [3.63, 3.8) is 0 Å². The summed E-state index contributed by atoms with van der Waals surface area (Å²) in [4.78, 5) is 0. The van der Waals surface area contributed by atoms with Crippen LogP contribution in [0.1, 0.15) is 22.3 Å². The van der Waals surface area contributed by atoms with Gasteiger partial charge in [0.1, 0.15) is 0 Å². The molecule has 0 radical (unpaired) electrons. The Hall–Kier alpha value is -2.86. The van der Waals surface area contributed by atoms with E-state index >= 15 is 0 Å². The molecule has 0 unspecified atom stereocenters. The Morgan fingerprint density at radius 3 is 1.00 bits per heavy atom. The number of hydrogen-bond donors (Lipinski definition) is 0. The molecule has 0 bridgehead atoms. The van der Waals surface area contributed by atoms with E-state index in [9.17, 15) is 0 Å². The predicted octanol–water partition coefficient (Wildman–Crippen LogP) is 7.94. The van der Waals surface area contributed by atoms with E-state index in [0.717, 1.165) is 0 Å². The Morgan fingerprint density at radius 2 is 0.706 bits per heavy atom. The Kier molecular flexibility index (Phi) is 7.14. The topological polar surface area (TPSA) is 0 Å². The molecule has 0 saturated heterocycles. The van der Waals surface area contributed by atoms with Crippen LogP contribution >= 0.6 is 0 Å². The maximum absolute atomic E-state index is 2.35. The van der Waals surface area contributed by atoms with E-state index in [1.807, 2.05) is 0 Å². The van der Waals surface area contributed by atoms with Gasteiger partial charge in [-0.1, -0.05) is 0 Å². The van der Waals surface area contributed by atoms with Gasteiger partial charge in [-0.15, -0.1) is 0 Å². The van der Waals surface area contributed by atoms with Crippen LogP contribution in [0.25, 0.3) is 20.1 Å². The third-order valence-electron chi connectivity index (χ3n) is 6.06. The first-order chi connectivity index (χ1) is 16.8. The SMILES string of the molecule is C[Se]/C(=C1C(c2ccccc2)=C(c2ccccc2)C/1=C(\[Se]C)c1ccccc1)c1ccccc1. The standard InChI is InChI=1S/C32H26Se2/c1-33-31(25-19-11-5-12-20-25)29-27(23-15-7-3-8-16-23)28(24-17-9-4-10-18-24)30(29)32(34-2)26-21-13-6-14-22-26/h3-22H,1-2H3/b31-29-,32-30+. The molecule has 2 heteroatoms. The molecule has 0 aliphatic heterocycles. The number of rotatable bonds is 6. The molecule has 1 aliphatic carbocycles. The third kappa shape index (κ3) is 4.31. The summed E-state index contributed by atoms with van der Waals surface area (Å²) in [5.41, 5.74) is 11.0. The van der Waals surface area contributed by atoms with E-state index in [4.69, 9.17) is 0 Å². The van der Waals surface area contributed by atoms with Crippen molar-refractivity contribution < 1.29 is 0 Å². The second-order valence-electron chi connectivity index (χ2n) is 8.03. The molecular formula is C32H26Se2. The average molecular weight is 568 g/mol. The quantitative estimate of drug-likeness (QED) is 0.207. The van der Waals surface area contributed by atoms with Crippen molar-refractivity contribution in [2.24, 2.45) is 0 Å². The molecular weight excluding hydrogens is 542 g/mol. The zero-order valence-electron chi connectivity index (χ0n) is 19.4. The number of allylic oxidation sites excluding steroid dienone is 4. The van der Waals surface area contributed by atoms with Crippen LogP contribution in [0.4, 0.5) is 0 Å². The van der Waals surface area contributed by atoms with Crippen LogP contribution in [0, 0.1) is 0 Å². The van der Waals surface area contributed by atoms with Gasteiger partial charge in [-0.3, -0.25) is 0 Å². The number of benzene rings is 4. The molecule has 0 nitrogen and oxygen atoms in total. The van der Waals surface area contributed by atoms with Gasteiger partial charge in [0.05, 0.1) is 0 Å². The first-order valence-corrected chi connectivity index (χ1v) is 16.5. The van der Waals surface area contributed by atoms with Crippen molar-refractivity contribution in [3.05, 3.63) is 155 Å². The molecule has 34 heavy (non-hydrogen) atoms. The van der Waals surface area contributed by atoms with E-state index in [-0.39, 0.29) is 0 Å². The first kappa shape index (κ1) is 22.9. The second kappa shape index (κ2) is 10.6. The van der Waals surface area contributed by atoms with E-state index in [1.54, 1.807) is 0 Å². The zero-order chi connectivity index (χ0) is 23.3. The summed E-state index contributed by atoms with van der Waals surface area (Å²) < 4.78 is 2.97. The van der Waals surface area contributed by atoms with Gasteiger partial charge < -0.3 is 0 Å². The third-order valence-corrected chi connectivity index (χ3v) is 9.62. The van der Waals surface area contributed by atoms with Crippen molar-refractivity contribution in [3.8, 4) is 0 Å². The summed E-state index contributed by atoms with van der Waals surface area (Å²) in [5, 5.41) is 0. The fourth-order valence-corrected chi connectivity index (χ4v) is 7.86. The number of hydrogen-bond acceptors (Lipinski definition) is 0. The molecule has 0 fully saturated rings. The fraction of sp³-hybridized carbons (Fsp3) is 0.0625. The van der Waals surface area contributed by atoms with Crippen LogP contribution < -0.4 is 0 Å². The van der Waals surface area contributed by atoms with Crippen molar-refractivity contribution in [2.45, 2.75) is 11.6 Å². The maximum atomic E-state index is 2.35. The van der Waals surface area contributed by atoms with Crippen LogP contribution in [0.15, 0.2) is 132 Å². The zero-order valence-corrected chi connectivity index (χ0v) is 22.8. The Balaban J connectivity index is 1.92. The van der Waals surface area contributed by atoms with Crippen molar-refractivity contribution >= 4 is 50.0 Å². The molecule has 0 atom stereocenters. The van der Waals surface area contributed by atoms with E-state index in [1.165, 1.54) is 53.5 Å². The minimum atomic E-state index is 0.340. The monoisotopic (exact) mass is 570 g/mol. The summed E-state index contributed by atoms with van der Waals surface area (Å²) in [7, 11) is 0. The van der Waals surface area contributed by atoms with E-state index in [0.29, 0.717) is 29.9 Å². The second-order valence-corrected chi connectivity index (χ2v) is 11.5. The van der Waals surface area contributed by atoms with E-state index < -0.39 is 0 Å². The molecule has 4 aromatic rings. The predicted molar refractivity (Wildman–Crippen MR) is 150 cm³/mol. The van der Waals surface area contributed by atoms with Gasteiger partial charge in [0.2, 0.25) is 0 Å². The first-order valence-electron chi connectivity index (χ1n) is 11.4. The van der Waals surface area contributed by atoms with Crippen LogP contribution in [0.2, 0.25) is 11.6 Å². The summed E-state index contributed by atoms with van der Waals surface area (Å²) in [6, 6.07) is 43.9. The minimum absolute atomic E-state index is 0.340. The van der Waals surface area contributed by atoms with Gasteiger partial charge in [-0.2, -0.15) is 0 Å². The van der Waals surface area contributed by atoms with Gasteiger partial charge >= 0.3 is 216 Å². The van der Waals surface area contributed by atoms with Gasteiger partial charge in [0.15, 0.2) is 0 Å². The summed E-state index contributed by atoms with van der Waals surface area (Å²) in [6.45, 7) is 0. The Bertz CT molecular complexity index is 1260. The van der Waals surface area contributed by atoms with Gasteiger partial charge in [-0.25, -0.2) is 0 Å². The summed E-state index contributed by atoms with van der Waals surface area (Å²) >= 11 is 0.680. The molecule has 4 aromatic carbocycles. The Labute approximate surface area is 215 Å². The van der Waals surface area contributed by atoms with Crippen molar-refractivity contribution in [1.82, 2.24) is 0 Å². The molecule has 0 spiro atoms. The molecule has 166 valence electrons. The van der Waals surface area contributed by atoms with Crippen LogP contribution in [-0.2, 0) is 0 Å². The molecule has 0 amide bonds. The summed E-state index contributed by atoms with van der Waals surface area (Å²) in [6.07, 6.45) is 0. The van der Waals surface area contributed by atoms with Crippen LogP contribution in [0.5, 0.6) is 0 Å². The van der Waals surface area contributed by atoms with Crippen LogP contribution in [-0.4, -0.2) is 29.9 Å². The Morgan fingerprint density at radius 1 is 0.412 bits per heavy atom. The molecule has 0 saturated carbocycles. The van der Waals surface area contributed by atoms with Crippen LogP contribution in [0.3, 0.4) is 0 Å². The molecule has 0 heterocycles. The fourth-order valence-electron chi connectivity index (χ4n) is 4.59. The molecule has 5 rings (SSSR count). The molecule has 0 N–H and O–H groups in total. The van der Waals surface area contributed by atoms with Crippen molar-refractivity contribution in [1.29, 1.82) is 0 Å². The molecule has 1 aliphatic rings. The van der Waals surface area contributed by atoms with Gasteiger partial charge in [-0.05, 0) is 0 Å². The molecule has 0 aromatic heterocycles. The van der Waals surface area contributed by atoms with E-state index in [2.05, 4.69) is 133 Å². The normalized spacial score (nSPS) is 16.2. The van der Waals surface area contributed by atoms with Gasteiger partial charge in [0, 0.05) is 0 Å². The summed E-state index contributed by atoms with van der Waals surface area (Å²) in [5.74, 6) is 4.70. The van der Waals surface area contributed by atoms with Gasteiger partial charge in [0.25, 0.3) is 0 Å². The average Bonchev–Trinajstić information content (AvgIpc) is 2.91. The van der Waals surface area contributed by atoms with Crippen molar-refractivity contribution in [2.75, 3.05) is 0 Å².